The van der Waals surface area contributed by atoms with Gasteiger partial charge in [-0.1, -0.05) is 62.4 Å². The zero-order valence-corrected chi connectivity index (χ0v) is 15.3. The molecule has 0 aromatic heterocycles. The van der Waals surface area contributed by atoms with Crippen LogP contribution in [0.4, 0.5) is 4.79 Å². The molecule has 2 aromatic carbocycles. The molecular weight excluding hydrogens is 346 g/mol. The number of carboxylic acids is 1. The highest BCUT2D eigenvalue weighted by atomic mass is 16.5. The van der Waals surface area contributed by atoms with E-state index in [0.29, 0.717) is 0 Å². The summed E-state index contributed by atoms with van der Waals surface area (Å²) in [5, 5.41) is 21.5. The molecule has 0 fully saturated rings. The average molecular weight is 369 g/mol. The second-order valence-corrected chi connectivity index (χ2v) is 7.02. The molecule has 2 unspecified atom stereocenters. The lowest BCUT2D eigenvalue weighted by Crippen LogP contribution is -2.50. The van der Waals surface area contributed by atoms with Gasteiger partial charge < -0.3 is 20.3 Å². The lowest BCUT2D eigenvalue weighted by molar-refractivity contribution is -0.143. The van der Waals surface area contributed by atoms with Gasteiger partial charge in [0.1, 0.15) is 6.61 Å². The number of aliphatic hydroxyl groups is 1. The molecule has 27 heavy (non-hydrogen) atoms. The van der Waals surface area contributed by atoms with E-state index in [0.717, 1.165) is 22.3 Å². The zero-order chi connectivity index (χ0) is 19.6. The molecule has 0 aliphatic heterocycles. The fraction of sp³-hybridized carbons (Fsp3) is 0.333. The van der Waals surface area contributed by atoms with E-state index in [-0.39, 0.29) is 18.4 Å². The van der Waals surface area contributed by atoms with Crippen LogP contribution in [-0.4, -0.2) is 41.0 Å². The highest BCUT2D eigenvalue weighted by Gasteiger charge is 2.32. The molecule has 6 nitrogen and oxygen atoms in total. The number of amides is 1. The molecule has 1 amide bonds. The van der Waals surface area contributed by atoms with E-state index >= 15 is 0 Å². The molecule has 0 heterocycles. The fourth-order valence-corrected chi connectivity index (χ4v) is 3.45. The SMILES string of the molecule is CC(C)C(O)C(NC(=O)OCC1c2ccccc2-c2ccccc21)C(=O)O. The Kier molecular flexibility index (Phi) is 5.46. The Bertz CT molecular complexity index is 802. The minimum Gasteiger partial charge on any atom is -0.480 e. The molecule has 0 bridgehead atoms. The summed E-state index contributed by atoms with van der Waals surface area (Å²) in [5.41, 5.74) is 4.37. The van der Waals surface area contributed by atoms with Gasteiger partial charge in [0.2, 0.25) is 0 Å². The predicted molar refractivity (Wildman–Crippen MR) is 100 cm³/mol. The Labute approximate surface area is 157 Å². The van der Waals surface area contributed by atoms with Crippen LogP contribution >= 0.6 is 0 Å². The molecule has 1 aliphatic rings. The van der Waals surface area contributed by atoms with Crippen LogP contribution in [0.3, 0.4) is 0 Å². The van der Waals surface area contributed by atoms with Gasteiger partial charge in [0.25, 0.3) is 0 Å². The minimum absolute atomic E-state index is 0.0873. The fourth-order valence-electron chi connectivity index (χ4n) is 3.45. The molecule has 0 saturated heterocycles. The number of rotatable bonds is 6. The van der Waals surface area contributed by atoms with Crippen LogP contribution in [-0.2, 0) is 9.53 Å². The molecule has 0 spiro atoms. The largest absolute Gasteiger partial charge is 0.480 e. The van der Waals surface area contributed by atoms with E-state index in [1.165, 1.54) is 0 Å². The van der Waals surface area contributed by atoms with Crippen LogP contribution in [0.15, 0.2) is 48.5 Å². The number of aliphatic carboxylic acids is 1. The van der Waals surface area contributed by atoms with Gasteiger partial charge in [-0.25, -0.2) is 9.59 Å². The summed E-state index contributed by atoms with van der Waals surface area (Å²) in [6.45, 7) is 3.45. The quantitative estimate of drug-likeness (QED) is 0.727. The van der Waals surface area contributed by atoms with E-state index < -0.39 is 24.2 Å². The third kappa shape index (κ3) is 3.80. The summed E-state index contributed by atoms with van der Waals surface area (Å²) in [6.07, 6.45) is -2.06. The summed E-state index contributed by atoms with van der Waals surface area (Å²) in [4.78, 5) is 23.5. The number of alkyl carbamates (subject to hydrolysis) is 1. The summed E-state index contributed by atoms with van der Waals surface area (Å²) in [7, 11) is 0. The molecule has 0 radical (unpaired) electrons. The molecule has 1 aliphatic carbocycles. The summed E-state index contributed by atoms with van der Waals surface area (Å²) < 4.78 is 5.33. The van der Waals surface area contributed by atoms with Gasteiger partial charge in [-0.05, 0) is 28.2 Å². The maximum atomic E-state index is 12.2. The first kappa shape index (κ1) is 18.9. The summed E-state index contributed by atoms with van der Waals surface area (Å²) in [5.74, 6) is -1.73. The van der Waals surface area contributed by atoms with E-state index in [2.05, 4.69) is 5.32 Å². The van der Waals surface area contributed by atoms with Gasteiger partial charge in [0.05, 0.1) is 6.10 Å². The van der Waals surface area contributed by atoms with Crippen molar-refractivity contribution >= 4 is 12.1 Å². The van der Waals surface area contributed by atoms with Crippen molar-refractivity contribution in [3.63, 3.8) is 0 Å². The molecule has 3 rings (SSSR count). The van der Waals surface area contributed by atoms with Crippen molar-refractivity contribution in [2.24, 2.45) is 5.92 Å². The number of hydrogen-bond acceptors (Lipinski definition) is 4. The van der Waals surface area contributed by atoms with Gasteiger partial charge in [0.15, 0.2) is 6.04 Å². The van der Waals surface area contributed by atoms with Gasteiger partial charge >= 0.3 is 12.1 Å². The first-order valence-electron chi connectivity index (χ1n) is 8.92. The molecule has 3 N–H and O–H groups in total. The molecule has 2 atom stereocenters. The second kappa shape index (κ2) is 7.80. The van der Waals surface area contributed by atoms with Crippen LogP contribution < -0.4 is 5.32 Å². The van der Waals surface area contributed by atoms with Crippen molar-refractivity contribution in [1.82, 2.24) is 5.32 Å². The van der Waals surface area contributed by atoms with Gasteiger partial charge in [-0.15, -0.1) is 0 Å². The number of fused-ring (bicyclic) bond motifs is 3. The summed E-state index contributed by atoms with van der Waals surface area (Å²) in [6, 6.07) is 14.5. The van der Waals surface area contributed by atoms with E-state index in [1.54, 1.807) is 13.8 Å². The van der Waals surface area contributed by atoms with E-state index in [1.807, 2.05) is 48.5 Å². The number of carbonyl (C=O) groups is 2. The smallest absolute Gasteiger partial charge is 0.407 e. The third-order valence-electron chi connectivity index (χ3n) is 4.91. The van der Waals surface area contributed by atoms with E-state index in [4.69, 9.17) is 4.74 Å². The normalized spacial score (nSPS) is 15.0. The number of benzene rings is 2. The van der Waals surface area contributed by atoms with Crippen LogP contribution in [0, 0.1) is 5.92 Å². The Hall–Kier alpha value is -2.86. The monoisotopic (exact) mass is 369 g/mol. The third-order valence-corrected chi connectivity index (χ3v) is 4.91. The standard InChI is InChI=1S/C21H23NO5/c1-12(2)19(23)18(20(24)25)22-21(26)27-11-17-15-9-5-3-7-13(15)14-8-4-6-10-16(14)17/h3-10,12,17-19,23H,11H2,1-2H3,(H,22,26)(H,24,25). The van der Waals surface area contributed by atoms with Crippen molar-refractivity contribution in [3.8, 4) is 11.1 Å². The average Bonchev–Trinajstić information content (AvgIpc) is 2.97. The molecule has 0 saturated carbocycles. The van der Waals surface area contributed by atoms with Crippen molar-refractivity contribution in [1.29, 1.82) is 0 Å². The number of carbonyl (C=O) groups excluding carboxylic acids is 1. The first-order chi connectivity index (χ1) is 12.9. The Balaban J connectivity index is 1.71. The highest BCUT2D eigenvalue weighted by molar-refractivity contribution is 5.81. The Morgan fingerprint density at radius 2 is 1.56 bits per heavy atom. The number of ether oxygens (including phenoxy) is 1. The highest BCUT2D eigenvalue weighted by Crippen LogP contribution is 2.44. The van der Waals surface area contributed by atoms with Crippen LogP contribution in [0.25, 0.3) is 11.1 Å². The maximum absolute atomic E-state index is 12.2. The molecule has 6 heteroatoms. The molecule has 2 aromatic rings. The zero-order valence-electron chi connectivity index (χ0n) is 15.3. The summed E-state index contributed by atoms with van der Waals surface area (Å²) >= 11 is 0. The first-order valence-corrected chi connectivity index (χ1v) is 8.92. The Morgan fingerprint density at radius 1 is 1.04 bits per heavy atom. The van der Waals surface area contributed by atoms with Crippen LogP contribution in [0.1, 0.15) is 30.9 Å². The van der Waals surface area contributed by atoms with E-state index in [9.17, 15) is 19.8 Å². The number of nitrogens with one attached hydrogen (secondary N) is 1. The van der Waals surface area contributed by atoms with Crippen LogP contribution in [0.5, 0.6) is 0 Å². The number of aliphatic hydroxyl groups excluding tert-OH is 1. The van der Waals surface area contributed by atoms with Crippen molar-refractivity contribution in [3.05, 3.63) is 59.7 Å². The van der Waals surface area contributed by atoms with Gasteiger partial charge in [-0.2, -0.15) is 0 Å². The molecular formula is C21H23NO5. The Morgan fingerprint density at radius 3 is 2.04 bits per heavy atom. The van der Waals surface area contributed by atoms with Crippen molar-refractivity contribution in [2.45, 2.75) is 31.9 Å². The number of hydrogen-bond donors (Lipinski definition) is 3. The van der Waals surface area contributed by atoms with Gasteiger partial charge in [-0.3, -0.25) is 0 Å². The maximum Gasteiger partial charge on any atom is 0.407 e. The van der Waals surface area contributed by atoms with Gasteiger partial charge in [0, 0.05) is 5.92 Å². The lowest BCUT2D eigenvalue weighted by Gasteiger charge is -2.23. The minimum atomic E-state index is -1.42. The second-order valence-electron chi connectivity index (χ2n) is 7.02. The van der Waals surface area contributed by atoms with Crippen molar-refractivity contribution in [2.75, 3.05) is 6.61 Å². The van der Waals surface area contributed by atoms with Crippen LogP contribution in [0.2, 0.25) is 0 Å². The topological polar surface area (TPSA) is 95.9 Å². The lowest BCUT2D eigenvalue weighted by atomic mass is 9.98. The molecule has 142 valence electrons. The number of carboxylic acid groups (broad SMARTS) is 1. The predicted octanol–water partition coefficient (Wildman–Crippen LogP) is 3.00. The van der Waals surface area contributed by atoms with Crippen molar-refractivity contribution < 1.29 is 24.5 Å².